The van der Waals surface area contributed by atoms with Gasteiger partial charge in [0.05, 0.1) is 23.9 Å². The summed E-state index contributed by atoms with van der Waals surface area (Å²) in [6.45, 7) is 3.34. The summed E-state index contributed by atoms with van der Waals surface area (Å²) >= 11 is 0. The summed E-state index contributed by atoms with van der Waals surface area (Å²) in [5.41, 5.74) is -0.838. The molecule has 0 bridgehead atoms. The second kappa shape index (κ2) is 13.7. The minimum atomic E-state index is -4.49. The first kappa shape index (κ1) is 28.9. The molecule has 0 heterocycles. The lowest BCUT2D eigenvalue weighted by Crippen LogP contribution is -2.21. The molecule has 0 aromatic heterocycles. The smallest absolute Gasteiger partial charge is 0.416 e. The molecule has 0 spiro atoms. The van der Waals surface area contributed by atoms with E-state index in [1.54, 1.807) is 19.9 Å². The maximum atomic E-state index is 12.8. The van der Waals surface area contributed by atoms with Crippen LogP contribution in [0.2, 0.25) is 0 Å². The molecule has 0 aliphatic heterocycles. The van der Waals surface area contributed by atoms with Crippen LogP contribution < -0.4 is 4.74 Å². The quantitative estimate of drug-likeness (QED) is 0.223. The Morgan fingerprint density at radius 2 is 1.94 bits per heavy atom. The molecule has 196 valence electrons. The zero-order chi connectivity index (χ0) is 26.0. The summed E-state index contributed by atoms with van der Waals surface area (Å²) in [6.07, 6.45) is 2.09. The fourth-order valence-electron chi connectivity index (χ4n) is 4.02. The van der Waals surface area contributed by atoms with Gasteiger partial charge in [-0.2, -0.15) is 13.2 Å². The number of aliphatic hydroxyl groups excluding tert-OH is 3. The first-order valence-corrected chi connectivity index (χ1v) is 11.8. The monoisotopic (exact) mass is 500 g/mol. The lowest BCUT2D eigenvalue weighted by Gasteiger charge is -2.19. The van der Waals surface area contributed by atoms with Gasteiger partial charge in [-0.25, -0.2) is 0 Å². The van der Waals surface area contributed by atoms with Crippen molar-refractivity contribution >= 4 is 5.97 Å². The van der Waals surface area contributed by atoms with Crippen LogP contribution in [-0.2, 0) is 15.7 Å². The topological polar surface area (TPSA) is 96.2 Å². The molecule has 1 saturated carbocycles. The Balaban J connectivity index is 1.82. The van der Waals surface area contributed by atoms with Crippen molar-refractivity contribution in [2.24, 2.45) is 11.8 Å². The van der Waals surface area contributed by atoms with Gasteiger partial charge < -0.3 is 24.8 Å². The molecule has 1 aromatic carbocycles. The van der Waals surface area contributed by atoms with Gasteiger partial charge in [-0.3, -0.25) is 4.79 Å². The number of rotatable bonds is 12. The number of ether oxygens (including phenoxy) is 2. The van der Waals surface area contributed by atoms with E-state index < -0.39 is 30.1 Å². The molecule has 2 rings (SSSR count). The highest BCUT2D eigenvalue weighted by molar-refractivity contribution is 5.69. The second-order valence-corrected chi connectivity index (χ2v) is 9.04. The number of alkyl halides is 3. The van der Waals surface area contributed by atoms with Crippen molar-refractivity contribution in [3.8, 4) is 5.75 Å². The minimum absolute atomic E-state index is 0.0101. The predicted octanol–water partition coefficient (Wildman–Crippen LogP) is 4.43. The average molecular weight is 501 g/mol. The van der Waals surface area contributed by atoms with E-state index in [0.29, 0.717) is 25.7 Å². The number of halogens is 3. The number of unbranched alkanes of at least 4 members (excludes halogenated alkanes) is 1. The van der Waals surface area contributed by atoms with Gasteiger partial charge in [0, 0.05) is 18.8 Å². The van der Waals surface area contributed by atoms with E-state index in [9.17, 15) is 33.3 Å². The third-order valence-corrected chi connectivity index (χ3v) is 5.75. The van der Waals surface area contributed by atoms with Crippen molar-refractivity contribution in [3.63, 3.8) is 0 Å². The van der Waals surface area contributed by atoms with Crippen molar-refractivity contribution < 1.29 is 42.8 Å². The van der Waals surface area contributed by atoms with Gasteiger partial charge >= 0.3 is 12.1 Å². The van der Waals surface area contributed by atoms with Crippen molar-refractivity contribution in [1.82, 2.24) is 0 Å². The van der Waals surface area contributed by atoms with Crippen molar-refractivity contribution in [1.29, 1.82) is 0 Å². The summed E-state index contributed by atoms with van der Waals surface area (Å²) in [6, 6.07) is 4.40. The Hall–Kier alpha value is -2.36. The van der Waals surface area contributed by atoms with E-state index in [1.165, 1.54) is 18.2 Å². The summed E-state index contributed by atoms with van der Waals surface area (Å²) in [7, 11) is 0. The van der Waals surface area contributed by atoms with E-state index in [2.05, 4.69) is 0 Å². The van der Waals surface area contributed by atoms with Gasteiger partial charge in [-0.05, 0) is 57.2 Å². The van der Waals surface area contributed by atoms with Gasteiger partial charge in [0.2, 0.25) is 0 Å². The first-order chi connectivity index (χ1) is 16.5. The number of hydrogen-bond donors (Lipinski definition) is 3. The Kier molecular flexibility index (Phi) is 11.3. The number of hydrogen-bond acceptors (Lipinski definition) is 6. The molecule has 1 aliphatic carbocycles. The fraction of sp³-hybridized carbons (Fsp3) is 0.577. The highest BCUT2D eigenvalue weighted by atomic mass is 19.4. The van der Waals surface area contributed by atoms with Crippen LogP contribution in [0.5, 0.6) is 5.75 Å². The summed E-state index contributed by atoms with van der Waals surface area (Å²) in [5.74, 6) is -0.883. The maximum absolute atomic E-state index is 12.8. The number of esters is 1. The van der Waals surface area contributed by atoms with Crippen LogP contribution >= 0.6 is 0 Å². The molecule has 5 atom stereocenters. The van der Waals surface area contributed by atoms with E-state index >= 15 is 0 Å². The van der Waals surface area contributed by atoms with E-state index in [4.69, 9.17) is 9.47 Å². The molecular formula is C26H35F3O6. The SMILES string of the molecule is CC(C)OC(=O)CCC/C=C\C[C@H]1C(O)CC(O)[C@@H]1/C=C/[C@H](O)COc1cccc(C(F)(F)F)c1. The van der Waals surface area contributed by atoms with Gasteiger partial charge in [0.1, 0.15) is 18.5 Å². The molecule has 3 N–H and O–H groups in total. The zero-order valence-electron chi connectivity index (χ0n) is 20.0. The Labute approximate surface area is 204 Å². The van der Waals surface area contributed by atoms with Gasteiger partial charge in [-0.15, -0.1) is 0 Å². The van der Waals surface area contributed by atoms with Crippen LogP contribution in [-0.4, -0.2) is 52.3 Å². The van der Waals surface area contributed by atoms with Crippen LogP contribution in [0.1, 0.15) is 51.5 Å². The number of carbonyl (C=O) groups excluding carboxylic acids is 1. The van der Waals surface area contributed by atoms with Crippen LogP contribution in [0, 0.1) is 11.8 Å². The molecule has 35 heavy (non-hydrogen) atoms. The lowest BCUT2D eigenvalue weighted by atomic mass is 9.89. The van der Waals surface area contributed by atoms with Crippen molar-refractivity contribution in [2.45, 2.75) is 76.5 Å². The van der Waals surface area contributed by atoms with Crippen LogP contribution in [0.4, 0.5) is 13.2 Å². The lowest BCUT2D eigenvalue weighted by molar-refractivity contribution is -0.147. The number of allylic oxidation sites excluding steroid dienone is 2. The molecule has 1 fully saturated rings. The maximum Gasteiger partial charge on any atom is 0.416 e. The summed E-state index contributed by atoms with van der Waals surface area (Å²) in [5, 5.41) is 30.8. The normalized spacial score (nSPS) is 23.9. The molecule has 6 nitrogen and oxygen atoms in total. The number of aliphatic hydroxyl groups is 3. The predicted molar refractivity (Wildman–Crippen MR) is 125 cm³/mol. The van der Waals surface area contributed by atoms with E-state index in [0.717, 1.165) is 12.1 Å². The molecule has 1 aromatic rings. The third kappa shape index (κ3) is 10.0. The van der Waals surface area contributed by atoms with Gasteiger partial charge in [0.15, 0.2) is 0 Å². The van der Waals surface area contributed by atoms with Crippen molar-refractivity contribution in [2.75, 3.05) is 6.61 Å². The summed E-state index contributed by atoms with van der Waals surface area (Å²) < 4.78 is 48.8. The molecular weight excluding hydrogens is 465 g/mol. The van der Waals surface area contributed by atoms with Crippen LogP contribution in [0.3, 0.4) is 0 Å². The molecule has 1 aliphatic rings. The molecule has 2 unspecified atom stereocenters. The Bertz CT molecular complexity index is 852. The highest BCUT2D eigenvalue weighted by Crippen LogP contribution is 2.36. The Morgan fingerprint density at radius 1 is 1.20 bits per heavy atom. The standard InChI is InChI=1S/C26H35F3O6/c1-17(2)35-25(33)11-6-4-3-5-10-21-22(24(32)15-23(21)31)13-12-19(30)16-34-20-9-7-8-18(14-20)26(27,28)29/h3,5,7-9,12-14,17,19,21-24,30-32H,4,6,10-11,15-16H2,1-2H3/b5-3-,13-12+/t19-,21+,22+,23?,24?/m0/s1. The van der Waals surface area contributed by atoms with Gasteiger partial charge in [-0.1, -0.05) is 30.4 Å². The molecule has 0 saturated heterocycles. The second-order valence-electron chi connectivity index (χ2n) is 9.04. The minimum Gasteiger partial charge on any atom is -0.491 e. The third-order valence-electron chi connectivity index (χ3n) is 5.75. The fourth-order valence-corrected chi connectivity index (χ4v) is 4.02. The average Bonchev–Trinajstić information content (AvgIpc) is 3.04. The van der Waals surface area contributed by atoms with Gasteiger partial charge in [0.25, 0.3) is 0 Å². The Morgan fingerprint density at radius 3 is 2.63 bits per heavy atom. The molecule has 0 radical (unpaired) electrons. The number of carbonyl (C=O) groups is 1. The molecule has 0 amide bonds. The summed E-state index contributed by atoms with van der Waals surface area (Å²) in [4.78, 5) is 11.5. The largest absolute Gasteiger partial charge is 0.491 e. The van der Waals surface area contributed by atoms with Crippen LogP contribution in [0.15, 0.2) is 48.6 Å². The number of benzene rings is 1. The molecule has 9 heteroatoms. The van der Waals surface area contributed by atoms with Crippen molar-refractivity contribution in [3.05, 3.63) is 54.1 Å². The highest BCUT2D eigenvalue weighted by Gasteiger charge is 2.39. The first-order valence-electron chi connectivity index (χ1n) is 11.8. The zero-order valence-corrected chi connectivity index (χ0v) is 20.0. The van der Waals surface area contributed by atoms with E-state index in [-0.39, 0.29) is 42.7 Å². The van der Waals surface area contributed by atoms with E-state index in [1.807, 2.05) is 12.2 Å². The van der Waals surface area contributed by atoms with Crippen LogP contribution in [0.25, 0.3) is 0 Å².